The minimum Gasteiger partial charge on any atom is -0.388 e. The summed E-state index contributed by atoms with van der Waals surface area (Å²) in [5.41, 5.74) is 3.13. The second kappa shape index (κ2) is 6.52. The highest BCUT2D eigenvalue weighted by molar-refractivity contribution is 9.10. The van der Waals surface area contributed by atoms with Crippen LogP contribution >= 0.6 is 15.9 Å². The quantitative estimate of drug-likeness (QED) is 0.916. The summed E-state index contributed by atoms with van der Waals surface area (Å²) in [5.74, 6) is 0. The van der Waals surface area contributed by atoms with Crippen LogP contribution in [0.3, 0.4) is 0 Å². The number of nitrogens with zero attached hydrogens (tertiary/aromatic N) is 1. The maximum Gasteiger partial charge on any atom is 0.0893 e. The minimum atomic E-state index is 0.519. The molecule has 0 aliphatic carbocycles. The van der Waals surface area contributed by atoms with Gasteiger partial charge in [0, 0.05) is 23.4 Å². The van der Waals surface area contributed by atoms with Crippen molar-refractivity contribution in [3.05, 3.63) is 58.3 Å². The second-order valence-electron chi connectivity index (χ2n) is 3.91. The number of rotatable bonds is 5. The van der Waals surface area contributed by atoms with Crippen LogP contribution in [0.25, 0.3) is 0 Å². The molecule has 1 N–H and O–H groups in total. The number of halogens is 1. The predicted octanol–water partition coefficient (Wildman–Crippen LogP) is 3.60. The Bertz CT molecular complexity index is 499. The summed E-state index contributed by atoms with van der Waals surface area (Å²) in [6, 6.07) is 12.0. The first kappa shape index (κ1) is 13.1. The minimum absolute atomic E-state index is 0.519. The van der Waals surface area contributed by atoms with E-state index in [1.807, 2.05) is 43.4 Å². The third-order valence-corrected chi connectivity index (χ3v) is 3.07. The van der Waals surface area contributed by atoms with Crippen molar-refractivity contribution in [2.24, 2.45) is 0 Å². The number of hydrogen-bond acceptors (Lipinski definition) is 3. The summed E-state index contributed by atoms with van der Waals surface area (Å²) >= 11 is 3.41. The second-order valence-corrected chi connectivity index (χ2v) is 4.82. The van der Waals surface area contributed by atoms with E-state index in [-0.39, 0.29) is 0 Å². The van der Waals surface area contributed by atoms with E-state index in [1.165, 1.54) is 0 Å². The highest BCUT2D eigenvalue weighted by Crippen LogP contribution is 2.12. The monoisotopic (exact) mass is 306 g/mol. The zero-order valence-corrected chi connectivity index (χ0v) is 11.8. The van der Waals surface area contributed by atoms with Gasteiger partial charge in [-0.05, 0) is 29.8 Å². The maximum absolute atomic E-state index is 5.64. The van der Waals surface area contributed by atoms with Gasteiger partial charge in [0.05, 0.1) is 18.9 Å². The standard InChI is InChI=1S/C14H15BrN2O/c1-16-13-6-7-17-14(8-13)10-18-9-11-2-4-12(15)5-3-11/h2-8H,9-10H2,1H3,(H,16,17). The Morgan fingerprint density at radius 3 is 2.67 bits per heavy atom. The van der Waals surface area contributed by atoms with Crippen LogP contribution in [0.2, 0.25) is 0 Å². The summed E-state index contributed by atoms with van der Waals surface area (Å²) in [6.07, 6.45) is 1.78. The van der Waals surface area contributed by atoms with Crippen molar-refractivity contribution in [2.45, 2.75) is 13.2 Å². The van der Waals surface area contributed by atoms with E-state index in [2.05, 4.69) is 26.2 Å². The number of hydrogen-bond donors (Lipinski definition) is 1. The lowest BCUT2D eigenvalue weighted by molar-refractivity contribution is 0.104. The molecule has 18 heavy (non-hydrogen) atoms. The third-order valence-electron chi connectivity index (χ3n) is 2.54. The van der Waals surface area contributed by atoms with Crippen molar-refractivity contribution in [2.75, 3.05) is 12.4 Å². The maximum atomic E-state index is 5.64. The van der Waals surface area contributed by atoms with Crippen LogP contribution in [0, 0.1) is 0 Å². The smallest absolute Gasteiger partial charge is 0.0893 e. The Labute approximate surface area is 115 Å². The molecule has 0 bridgehead atoms. The number of ether oxygens (including phenoxy) is 1. The fourth-order valence-electron chi connectivity index (χ4n) is 1.57. The fraction of sp³-hybridized carbons (Fsp3) is 0.214. The summed E-state index contributed by atoms with van der Waals surface area (Å²) in [4.78, 5) is 4.26. The van der Waals surface area contributed by atoms with Crippen molar-refractivity contribution in [1.82, 2.24) is 4.98 Å². The van der Waals surface area contributed by atoms with E-state index >= 15 is 0 Å². The normalized spacial score (nSPS) is 10.3. The van der Waals surface area contributed by atoms with E-state index in [0.717, 1.165) is 21.4 Å². The zero-order valence-electron chi connectivity index (χ0n) is 10.2. The highest BCUT2D eigenvalue weighted by atomic mass is 79.9. The van der Waals surface area contributed by atoms with Crippen LogP contribution in [0.4, 0.5) is 5.69 Å². The molecule has 0 spiro atoms. The molecule has 1 heterocycles. The van der Waals surface area contributed by atoms with Gasteiger partial charge < -0.3 is 10.1 Å². The summed E-state index contributed by atoms with van der Waals surface area (Å²) in [5, 5.41) is 3.08. The van der Waals surface area contributed by atoms with Crippen molar-refractivity contribution < 1.29 is 4.74 Å². The van der Waals surface area contributed by atoms with Crippen LogP contribution in [0.5, 0.6) is 0 Å². The topological polar surface area (TPSA) is 34.2 Å². The number of nitrogens with one attached hydrogen (secondary N) is 1. The number of aromatic nitrogens is 1. The SMILES string of the molecule is CNc1ccnc(COCc2ccc(Br)cc2)c1. The van der Waals surface area contributed by atoms with Gasteiger partial charge in [-0.15, -0.1) is 0 Å². The first-order chi connectivity index (χ1) is 8.78. The van der Waals surface area contributed by atoms with Crippen LogP contribution in [-0.4, -0.2) is 12.0 Å². The van der Waals surface area contributed by atoms with E-state index < -0.39 is 0 Å². The molecule has 0 fully saturated rings. The summed E-state index contributed by atoms with van der Waals surface area (Å²) in [6.45, 7) is 1.12. The van der Waals surface area contributed by atoms with Crippen molar-refractivity contribution in [3.63, 3.8) is 0 Å². The van der Waals surface area contributed by atoms with Gasteiger partial charge in [-0.3, -0.25) is 4.98 Å². The average molecular weight is 307 g/mol. The van der Waals surface area contributed by atoms with E-state index in [9.17, 15) is 0 Å². The van der Waals surface area contributed by atoms with Crippen molar-refractivity contribution in [1.29, 1.82) is 0 Å². The molecular formula is C14H15BrN2O. The van der Waals surface area contributed by atoms with Crippen LogP contribution in [0.15, 0.2) is 47.1 Å². The van der Waals surface area contributed by atoms with Crippen LogP contribution in [0.1, 0.15) is 11.3 Å². The van der Waals surface area contributed by atoms with Crippen LogP contribution in [-0.2, 0) is 18.0 Å². The van der Waals surface area contributed by atoms with E-state index in [4.69, 9.17) is 4.74 Å². The van der Waals surface area contributed by atoms with Gasteiger partial charge in [0.25, 0.3) is 0 Å². The molecule has 0 saturated heterocycles. The van der Waals surface area contributed by atoms with Gasteiger partial charge in [0.2, 0.25) is 0 Å². The molecule has 0 aliphatic rings. The third kappa shape index (κ3) is 3.82. The molecule has 1 aromatic heterocycles. The van der Waals surface area contributed by atoms with Gasteiger partial charge in [-0.2, -0.15) is 0 Å². The van der Waals surface area contributed by atoms with E-state index in [0.29, 0.717) is 13.2 Å². The average Bonchev–Trinajstić information content (AvgIpc) is 2.41. The molecule has 94 valence electrons. The Hall–Kier alpha value is -1.39. The van der Waals surface area contributed by atoms with Gasteiger partial charge in [0.1, 0.15) is 0 Å². The largest absolute Gasteiger partial charge is 0.388 e. The molecule has 0 saturated carbocycles. The highest BCUT2D eigenvalue weighted by Gasteiger charge is 1.98. The molecule has 0 radical (unpaired) electrons. The van der Waals surface area contributed by atoms with Gasteiger partial charge in [0.15, 0.2) is 0 Å². The molecule has 0 aliphatic heterocycles. The molecule has 2 aromatic rings. The van der Waals surface area contributed by atoms with Crippen molar-refractivity contribution in [3.8, 4) is 0 Å². The Balaban J connectivity index is 1.86. The first-order valence-corrected chi connectivity index (χ1v) is 6.52. The molecule has 2 rings (SSSR count). The zero-order chi connectivity index (χ0) is 12.8. The number of benzene rings is 1. The molecule has 0 atom stereocenters. The number of anilines is 1. The Morgan fingerprint density at radius 2 is 1.94 bits per heavy atom. The fourth-order valence-corrected chi connectivity index (χ4v) is 1.83. The van der Waals surface area contributed by atoms with Crippen molar-refractivity contribution >= 4 is 21.6 Å². The lowest BCUT2D eigenvalue weighted by atomic mass is 10.2. The molecule has 1 aromatic carbocycles. The molecule has 4 heteroatoms. The first-order valence-electron chi connectivity index (χ1n) is 5.73. The molecule has 0 unspecified atom stereocenters. The van der Waals surface area contributed by atoms with Crippen LogP contribution < -0.4 is 5.32 Å². The van der Waals surface area contributed by atoms with E-state index in [1.54, 1.807) is 6.20 Å². The van der Waals surface area contributed by atoms with Gasteiger partial charge in [-0.25, -0.2) is 0 Å². The summed E-state index contributed by atoms with van der Waals surface area (Å²) in [7, 11) is 1.89. The number of pyridine rings is 1. The van der Waals surface area contributed by atoms with Gasteiger partial charge in [-0.1, -0.05) is 28.1 Å². The predicted molar refractivity (Wildman–Crippen MR) is 76.4 cm³/mol. The Kier molecular flexibility index (Phi) is 4.73. The lowest BCUT2D eigenvalue weighted by Crippen LogP contribution is -1.98. The Morgan fingerprint density at radius 1 is 1.17 bits per heavy atom. The van der Waals surface area contributed by atoms with Gasteiger partial charge >= 0.3 is 0 Å². The molecule has 3 nitrogen and oxygen atoms in total. The summed E-state index contributed by atoms with van der Waals surface area (Å²) < 4.78 is 6.72. The lowest BCUT2D eigenvalue weighted by Gasteiger charge is -2.06. The molecular weight excluding hydrogens is 292 g/mol. The molecule has 0 amide bonds.